The molecule has 1 heterocycles. The van der Waals surface area contributed by atoms with Gasteiger partial charge in [-0.05, 0) is 42.8 Å². The number of fused-ring (bicyclic) bond motifs is 1. The number of nitriles is 1. The molecule has 0 bridgehead atoms. The summed E-state index contributed by atoms with van der Waals surface area (Å²) >= 11 is 0. The summed E-state index contributed by atoms with van der Waals surface area (Å²) < 4.78 is 12.8. The van der Waals surface area contributed by atoms with Crippen LogP contribution in [0.4, 0.5) is 0 Å². The van der Waals surface area contributed by atoms with Gasteiger partial charge in [-0.25, -0.2) is 4.98 Å². The minimum absolute atomic E-state index is 0.491. The van der Waals surface area contributed by atoms with Crippen molar-refractivity contribution >= 4 is 22.7 Å². The molecule has 2 aromatic carbocycles. The summed E-state index contributed by atoms with van der Waals surface area (Å²) in [5, 5.41) is 9.63. The van der Waals surface area contributed by atoms with Crippen LogP contribution in [0.2, 0.25) is 0 Å². The number of aromatic nitrogens is 2. The van der Waals surface area contributed by atoms with Gasteiger partial charge in [0.2, 0.25) is 0 Å². The standard InChI is InChI=1S/C20H19N3O2/c1-4-25-18-10-9-14(12-19(18)24-3)11-15(13-21)20-22-16-7-5-6-8-17(16)23(20)2/h5-12H,4H2,1-3H3/b15-11-. The molecule has 3 aromatic rings. The van der Waals surface area contributed by atoms with Crippen LogP contribution < -0.4 is 9.47 Å². The van der Waals surface area contributed by atoms with Crippen LogP contribution in [0.1, 0.15) is 18.3 Å². The maximum atomic E-state index is 9.63. The van der Waals surface area contributed by atoms with Crippen molar-refractivity contribution in [3.8, 4) is 17.6 Å². The number of para-hydroxylation sites is 2. The van der Waals surface area contributed by atoms with Gasteiger partial charge in [-0.15, -0.1) is 0 Å². The first-order chi connectivity index (χ1) is 12.2. The van der Waals surface area contributed by atoms with Crippen molar-refractivity contribution in [2.75, 3.05) is 13.7 Å². The minimum Gasteiger partial charge on any atom is -0.493 e. The lowest BCUT2D eigenvalue weighted by Gasteiger charge is -2.09. The Morgan fingerprint density at radius 3 is 2.72 bits per heavy atom. The number of hydrogen-bond donors (Lipinski definition) is 0. The third-order valence-corrected chi connectivity index (χ3v) is 3.95. The Balaban J connectivity index is 2.06. The highest BCUT2D eigenvalue weighted by atomic mass is 16.5. The van der Waals surface area contributed by atoms with E-state index in [1.165, 1.54) is 0 Å². The molecule has 0 unspecified atom stereocenters. The van der Waals surface area contributed by atoms with Gasteiger partial charge in [0.15, 0.2) is 17.3 Å². The van der Waals surface area contributed by atoms with E-state index < -0.39 is 0 Å². The van der Waals surface area contributed by atoms with Crippen LogP contribution in [0.3, 0.4) is 0 Å². The average molecular weight is 333 g/mol. The van der Waals surface area contributed by atoms with E-state index in [0.29, 0.717) is 29.5 Å². The maximum absolute atomic E-state index is 9.63. The second-order valence-electron chi connectivity index (χ2n) is 5.50. The summed E-state index contributed by atoms with van der Waals surface area (Å²) in [5.74, 6) is 1.96. The molecule has 0 spiro atoms. The quantitative estimate of drug-likeness (QED) is 0.661. The molecular weight excluding hydrogens is 314 g/mol. The number of allylic oxidation sites excluding steroid dienone is 1. The zero-order valence-corrected chi connectivity index (χ0v) is 14.5. The second kappa shape index (κ2) is 7.10. The Morgan fingerprint density at radius 1 is 1.24 bits per heavy atom. The van der Waals surface area contributed by atoms with Gasteiger partial charge in [0.05, 0.1) is 30.3 Å². The molecule has 0 aliphatic heterocycles. The summed E-state index contributed by atoms with van der Waals surface area (Å²) in [5.41, 5.74) is 3.20. The third kappa shape index (κ3) is 3.20. The molecule has 0 N–H and O–H groups in total. The van der Waals surface area contributed by atoms with Crippen molar-refractivity contribution in [3.05, 3.63) is 53.9 Å². The van der Waals surface area contributed by atoms with Crippen molar-refractivity contribution < 1.29 is 9.47 Å². The first-order valence-electron chi connectivity index (χ1n) is 8.02. The van der Waals surface area contributed by atoms with Crippen LogP contribution in [0.5, 0.6) is 11.5 Å². The predicted octanol–water partition coefficient (Wildman–Crippen LogP) is 4.04. The van der Waals surface area contributed by atoms with Gasteiger partial charge in [0.1, 0.15) is 6.07 Å². The molecule has 3 rings (SSSR count). The van der Waals surface area contributed by atoms with E-state index in [-0.39, 0.29) is 0 Å². The first-order valence-corrected chi connectivity index (χ1v) is 8.02. The Hall–Kier alpha value is -3.26. The van der Waals surface area contributed by atoms with Gasteiger partial charge in [-0.2, -0.15) is 5.26 Å². The second-order valence-corrected chi connectivity index (χ2v) is 5.50. The Labute approximate surface area is 146 Å². The van der Waals surface area contributed by atoms with Crippen molar-refractivity contribution in [1.29, 1.82) is 5.26 Å². The molecule has 0 amide bonds. The highest BCUT2D eigenvalue weighted by Crippen LogP contribution is 2.30. The molecule has 0 aliphatic carbocycles. The maximum Gasteiger partial charge on any atom is 0.161 e. The molecule has 25 heavy (non-hydrogen) atoms. The fourth-order valence-electron chi connectivity index (χ4n) is 2.75. The molecule has 0 aliphatic rings. The number of benzene rings is 2. The van der Waals surface area contributed by atoms with Gasteiger partial charge >= 0.3 is 0 Å². The molecule has 5 nitrogen and oxygen atoms in total. The third-order valence-electron chi connectivity index (χ3n) is 3.95. The summed E-state index contributed by atoms with van der Waals surface area (Å²) in [7, 11) is 3.51. The number of ether oxygens (including phenoxy) is 2. The van der Waals surface area contributed by atoms with Crippen LogP contribution in [-0.2, 0) is 7.05 Å². The molecule has 0 saturated carbocycles. The van der Waals surface area contributed by atoms with Crippen molar-refractivity contribution in [2.45, 2.75) is 6.92 Å². The van der Waals surface area contributed by atoms with Gasteiger partial charge < -0.3 is 14.0 Å². The van der Waals surface area contributed by atoms with Crippen LogP contribution in [0.25, 0.3) is 22.7 Å². The Morgan fingerprint density at radius 2 is 2.04 bits per heavy atom. The fourth-order valence-corrected chi connectivity index (χ4v) is 2.75. The van der Waals surface area contributed by atoms with Gasteiger partial charge in [-0.1, -0.05) is 18.2 Å². The monoisotopic (exact) mass is 333 g/mol. The van der Waals surface area contributed by atoms with E-state index in [9.17, 15) is 5.26 Å². The summed E-state index contributed by atoms with van der Waals surface area (Å²) in [6.07, 6.45) is 1.81. The van der Waals surface area contributed by atoms with Crippen molar-refractivity contribution in [3.63, 3.8) is 0 Å². The molecule has 0 fully saturated rings. The lowest BCUT2D eigenvalue weighted by molar-refractivity contribution is 0.311. The Bertz CT molecular complexity index is 980. The van der Waals surface area contributed by atoms with Crippen LogP contribution in [-0.4, -0.2) is 23.3 Å². The zero-order valence-electron chi connectivity index (χ0n) is 14.5. The molecule has 5 heteroatoms. The van der Waals surface area contributed by atoms with Crippen LogP contribution in [0.15, 0.2) is 42.5 Å². The van der Waals surface area contributed by atoms with Crippen LogP contribution >= 0.6 is 0 Å². The summed E-state index contributed by atoms with van der Waals surface area (Å²) in [4.78, 5) is 4.59. The largest absolute Gasteiger partial charge is 0.493 e. The molecule has 0 saturated heterocycles. The summed E-state index contributed by atoms with van der Waals surface area (Å²) in [6, 6.07) is 15.7. The van der Waals surface area contributed by atoms with E-state index in [1.807, 2.05) is 61.0 Å². The van der Waals surface area contributed by atoms with Gasteiger partial charge in [0, 0.05) is 7.05 Å². The van der Waals surface area contributed by atoms with E-state index in [4.69, 9.17) is 9.47 Å². The number of imidazole rings is 1. The van der Waals surface area contributed by atoms with E-state index in [0.717, 1.165) is 16.6 Å². The van der Waals surface area contributed by atoms with Crippen LogP contribution in [0, 0.1) is 11.3 Å². The molecule has 126 valence electrons. The number of nitrogens with zero attached hydrogens (tertiary/aromatic N) is 3. The molecule has 1 aromatic heterocycles. The lowest BCUT2D eigenvalue weighted by atomic mass is 10.1. The SMILES string of the molecule is CCOc1ccc(/C=C(/C#N)c2nc3ccccc3n2C)cc1OC. The number of methoxy groups -OCH3 is 1. The number of rotatable bonds is 5. The molecule has 0 atom stereocenters. The van der Waals surface area contributed by atoms with E-state index in [2.05, 4.69) is 11.1 Å². The van der Waals surface area contributed by atoms with E-state index >= 15 is 0 Å². The minimum atomic E-state index is 0.491. The average Bonchev–Trinajstić information content (AvgIpc) is 2.98. The lowest BCUT2D eigenvalue weighted by Crippen LogP contribution is -1.97. The van der Waals surface area contributed by atoms with Crippen molar-refractivity contribution in [1.82, 2.24) is 9.55 Å². The van der Waals surface area contributed by atoms with Gasteiger partial charge in [-0.3, -0.25) is 0 Å². The first kappa shape index (κ1) is 16.6. The summed E-state index contributed by atoms with van der Waals surface area (Å²) in [6.45, 7) is 2.49. The smallest absolute Gasteiger partial charge is 0.161 e. The highest BCUT2D eigenvalue weighted by molar-refractivity contribution is 5.91. The topological polar surface area (TPSA) is 60.1 Å². The zero-order chi connectivity index (χ0) is 17.8. The molecule has 0 radical (unpaired) electrons. The van der Waals surface area contributed by atoms with E-state index in [1.54, 1.807) is 13.2 Å². The van der Waals surface area contributed by atoms with Gasteiger partial charge in [0.25, 0.3) is 0 Å². The van der Waals surface area contributed by atoms with Crippen molar-refractivity contribution in [2.24, 2.45) is 7.05 Å². The number of aryl methyl sites for hydroxylation is 1. The highest BCUT2D eigenvalue weighted by Gasteiger charge is 2.12. The predicted molar refractivity (Wildman–Crippen MR) is 98.4 cm³/mol. The Kier molecular flexibility index (Phi) is 4.71. The molecular formula is C20H19N3O2. The normalized spacial score (nSPS) is 11.4. The fraction of sp³-hybridized carbons (Fsp3) is 0.200. The number of hydrogen-bond acceptors (Lipinski definition) is 4.